The molecule has 184 valence electrons. The van der Waals surface area contributed by atoms with Crippen molar-refractivity contribution in [1.29, 1.82) is 0 Å². The number of hydrogen-bond acceptors (Lipinski definition) is 5. The lowest BCUT2D eigenvalue weighted by Gasteiger charge is -2.36. The van der Waals surface area contributed by atoms with Crippen molar-refractivity contribution in [3.8, 4) is 0 Å². The maximum atomic E-state index is 12.8. The second-order valence-corrected chi connectivity index (χ2v) is 10.4. The van der Waals surface area contributed by atoms with Crippen molar-refractivity contribution >= 4 is 51.3 Å². The third kappa shape index (κ3) is 4.64. The van der Waals surface area contributed by atoms with Crippen LogP contribution in [0.15, 0.2) is 78.9 Å². The molecular formula is C29H28ClN3O2S. The number of hydrogen-bond donors (Lipinski definition) is 0. The molecule has 1 saturated heterocycles. The van der Waals surface area contributed by atoms with E-state index >= 15 is 0 Å². The van der Waals surface area contributed by atoms with E-state index in [1.165, 1.54) is 26.2 Å². The standard InChI is InChI=1S/C29H27N3O2S.ClH/c33-28-23-9-4-5-10-24(23)29(34)32(28)20-22-19-25-26(11-6-12-27(25)35-22)31-17-15-30(16-18-31)14-13-21-7-2-1-3-8-21;/h1-12,19H,13-18,20H2;1H. The van der Waals surface area contributed by atoms with Crippen LogP contribution in [0.2, 0.25) is 0 Å². The van der Waals surface area contributed by atoms with Crippen LogP contribution in [0.1, 0.15) is 31.2 Å². The van der Waals surface area contributed by atoms with Gasteiger partial charge >= 0.3 is 0 Å². The first-order valence-corrected chi connectivity index (χ1v) is 13.0. The minimum atomic E-state index is -0.199. The number of piperazine rings is 1. The van der Waals surface area contributed by atoms with Crippen molar-refractivity contribution in [2.75, 3.05) is 37.6 Å². The van der Waals surface area contributed by atoms with Gasteiger partial charge in [0.25, 0.3) is 11.8 Å². The van der Waals surface area contributed by atoms with Crippen LogP contribution in [0.4, 0.5) is 5.69 Å². The number of anilines is 1. The topological polar surface area (TPSA) is 43.9 Å². The van der Waals surface area contributed by atoms with Gasteiger partial charge in [-0.2, -0.15) is 0 Å². The van der Waals surface area contributed by atoms with Gasteiger partial charge in [-0.05, 0) is 42.3 Å². The van der Waals surface area contributed by atoms with Gasteiger partial charge in [0.15, 0.2) is 0 Å². The lowest BCUT2D eigenvalue weighted by Crippen LogP contribution is -2.47. The van der Waals surface area contributed by atoms with Crippen molar-refractivity contribution in [3.63, 3.8) is 0 Å². The Morgan fingerprint density at radius 1 is 0.750 bits per heavy atom. The van der Waals surface area contributed by atoms with Crippen LogP contribution in [0.25, 0.3) is 10.1 Å². The molecule has 4 aromatic rings. The van der Waals surface area contributed by atoms with Crippen molar-refractivity contribution in [2.45, 2.75) is 13.0 Å². The number of fused-ring (bicyclic) bond motifs is 2. The Balaban J connectivity index is 0.00000267. The molecule has 3 heterocycles. The highest BCUT2D eigenvalue weighted by Gasteiger charge is 2.35. The van der Waals surface area contributed by atoms with Crippen LogP contribution in [0.3, 0.4) is 0 Å². The summed E-state index contributed by atoms with van der Waals surface area (Å²) in [6.07, 6.45) is 1.09. The molecule has 0 bridgehead atoms. The summed E-state index contributed by atoms with van der Waals surface area (Å²) in [6, 6.07) is 26.4. The summed E-state index contributed by atoms with van der Waals surface area (Å²) in [5.41, 5.74) is 3.65. The van der Waals surface area contributed by atoms with Crippen molar-refractivity contribution in [3.05, 3.63) is 100 Å². The number of carbonyl (C=O) groups excluding carboxylic acids is 2. The van der Waals surface area contributed by atoms with E-state index in [4.69, 9.17) is 0 Å². The summed E-state index contributed by atoms with van der Waals surface area (Å²) in [7, 11) is 0. The number of halogens is 1. The zero-order valence-electron chi connectivity index (χ0n) is 19.9. The molecule has 0 N–H and O–H groups in total. The number of amides is 2. The van der Waals surface area contributed by atoms with Gasteiger partial charge in [-0.25, -0.2) is 0 Å². The van der Waals surface area contributed by atoms with Gasteiger partial charge in [-0.15, -0.1) is 23.7 Å². The van der Waals surface area contributed by atoms with Crippen LogP contribution >= 0.6 is 23.7 Å². The molecule has 1 aromatic heterocycles. The molecule has 7 heteroatoms. The molecule has 0 radical (unpaired) electrons. The maximum absolute atomic E-state index is 12.8. The Morgan fingerprint density at radius 2 is 1.42 bits per heavy atom. The molecule has 0 unspecified atom stereocenters. The van der Waals surface area contributed by atoms with Crippen LogP contribution in [-0.4, -0.2) is 54.3 Å². The molecule has 1 fully saturated rings. The van der Waals surface area contributed by atoms with Crippen LogP contribution in [0.5, 0.6) is 0 Å². The Morgan fingerprint density at radius 3 is 2.11 bits per heavy atom. The first-order chi connectivity index (χ1) is 17.2. The number of benzene rings is 3. The number of thiophene rings is 1. The van der Waals surface area contributed by atoms with E-state index in [9.17, 15) is 9.59 Å². The normalized spacial score (nSPS) is 15.9. The lowest BCUT2D eigenvalue weighted by atomic mass is 10.1. The van der Waals surface area contributed by atoms with E-state index in [1.54, 1.807) is 35.6 Å². The summed E-state index contributed by atoms with van der Waals surface area (Å²) in [5.74, 6) is -0.398. The van der Waals surface area contributed by atoms with Gasteiger partial charge in [0.2, 0.25) is 0 Å². The average Bonchev–Trinajstić information content (AvgIpc) is 3.43. The average molecular weight is 518 g/mol. The Labute approximate surface area is 221 Å². The smallest absolute Gasteiger partial charge is 0.261 e. The van der Waals surface area contributed by atoms with E-state index < -0.39 is 0 Å². The zero-order valence-corrected chi connectivity index (χ0v) is 21.6. The van der Waals surface area contributed by atoms with Gasteiger partial charge in [0.1, 0.15) is 0 Å². The summed E-state index contributed by atoms with van der Waals surface area (Å²) in [6.45, 7) is 5.50. The number of rotatable bonds is 6. The molecule has 0 atom stereocenters. The molecule has 2 aliphatic rings. The monoisotopic (exact) mass is 517 g/mol. The fourth-order valence-corrected chi connectivity index (χ4v) is 6.21. The highest BCUT2D eigenvalue weighted by molar-refractivity contribution is 7.19. The quantitative estimate of drug-likeness (QED) is 0.317. The molecular weight excluding hydrogens is 490 g/mol. The Kier molecular flexibility index (Phi) is 7.10. The van der Waals surface area contributed by atoms with E-state index in [-0.39, 0.29) is 24.2 Å². The number of nitrogens with zero attached hydrogens (tertiary/aromatic N) is 3. The molecule has 3 aromatic carbocycles. The first-order valence-electron chi connectivity index (χ1n) is 12.2. The van der Waals surface area contributed by atoms with E-state index in [2.05, 4.69) is 64.4 Å². The van der Waals surface area contributed by atoms with Gasteiger partial charge in [-0.1, -0.05) is 48.5 Å². The van der Waals surface area contributed by atoms with E-state index in [0.29, 0.717) is 17.7 Å². The molecule has 2 aliphatic heterocycles. The molecule has 0 aliphatic carbocycles. The fourth-order valence-electron chi connectivity index (χ4n) is 5.13. The molecule has 0 spiro atoms. The maximum Gasteiger partial charge on any atom is 0.261 e. The Hall–Kier alpha value is -3.19. The largest absolute Gasteiger partial charge is 0.368 e. The minimum absolute atomic E-state index is 0. The predicted molar refractivity (Wildman–Crippen MR) is 149 cm³/mol. The van der Waals surface area contributed by atoms with Gasteiger partial charge < -0.3 is 4.90 Å². The fraction of sp³-hybridized carbons (Fsp3) is 0.241. The third-order valence-electron chi connectivity index (χ3n) is 7.05. The van der Waals surface area contributed by atoms with Gasteiger partial charge in [-0.3, -0.25) is 19.4 Å². The second kappa shape index (κ2) is 10.4. The van der Waals surface area contributed by atoms with Crippen molar-refractivity contribution in [2.24, 2.45) is 0 Å². The van der Waals surface area contributed by atoms with Gasteiger partial charge in [0.05, 0.1) is 17.7 Å². The number of imide groups is 1. The van der Waals surface area contributed by atoms with Crippen LogP contribution in [0, 0.1) is 0 Å². The second-order valence-electron chi connectivity index (χ2n) is 9.21. The number of carbonyl (C=O) groups is 2. The van der Waals surface area contributed by atoms with Gasteiger partial charge in [0, 0.05) is 53.4 Å². The zero-order chi connectivity index (χ0) is 23.8. The van der Waals surface area contributed by atoms with Crippen LogP contribution in [-0.2, 0) is 13.0 Å². The third-order valence-corrected chi connectivity index (χ3v) is 8.14. The molecule has 0 saturated carbocycles. The summed E-state index contributed by atoms with van der Waals surface area (Å²) < 4.78 is 1.20. The minimum Gasteiger partial charge on any atom is -0.368 e. The summed E-state index contributed by atoms with van der Waals surface area (Å²) in [4.78, 5) is 33.0. The van der Waals surface area contributed by atoms with Crippen molar-refractivity contribution in [1.82, 2.24) is 9.80 Å². The first kappa shape index (κ1) is 24.5. The van der Waals surface area contributed by atoms with E-state index in [1.807, 2.05) is 0 Å². The summed E-state index contributed by atoms with van der Waals surface area (Å²) >= 11 is 1.67. The lowest BCUT2D eigenvalue weighted by molar-refractivity contribution is 0.0644. The van der Waals surface area contributed by atoms with E-state index in [0.717, 1.165) is 44.0 Å². The molecule has 36 heavy (non-hydrogen) atoms. The highest BCUT2D eigenvalue weighted by atomic mass is 35.5. The van der Waals surface area contributed by atoms with Crippen LogP contribution < -0.4 is 4.90 Å². The van der Waals surface area contributed by atoms with Crippen molar-refractivity contribution < 1.29 is 9.59 Å². The highest BCUT2D eigenvalue weighted by Crippen LogP contribution is 2.35. The SMILES string of the molecule is Cl.O=C1c2ccccc2C(=O)N1Cc1cc2c(N3CCN(CCc4ccccc4)CC3)cccc2s1. The molecule has 6 rings (SSSR count). The predicted octanol–water partition coefficient (Wildman–Crippen LogP) is 5.48. The molecule has 2 amide bonds. The molecule has 5 nitrogen and oxygen atoms in total. The Bertz CT molecular complexity index is 1360. The summed E-state index contributed by atoms with van der Waals surface area (Å²) in [5, 5.41) is 1.21.